The van der Waals surface area contributed by atoms with Crippen molar-refractivity contribution in [1.82, 2.24) is 15.0 Å². The first kappa shape index (κ1) is 17.4. The summed E-state index contributed by atoms with van der Waals surface area (Å²) in [6.45, 7) is 1.48. The Morgan fingerprint density at radius 1 is 1.30 bits per heavy atom. The minimum absolute atomic E-state index is 0.0599. The fourth-order valence-electron chi connectivity index (χ4n) is 2.10. The molecule has 0 aliphatic heterocycles. The molecule has 1 heterocycles. The second-order valence-electron chi connectivity index (χ2n) is 5.46. The fraction of sp³-hybridized carbons (Fsp3) is 0.467. The van der Waals surface area contributed by atoms with Crippen LogP contribution in [0.2, 0.25) is 0 Å². The van der Waals surface area contributed by atoms with Gasteiger partial charge in [-0.1, -0.05) is 29.4 Å². The van der Waals surface area contributed by atoms with Gasteiger partial charge in [0.05, 0.1) is 13.0 Å². The molecule has 0 aliphatic carbocycles. The highest BCUT2D eigenvalue weighted by Crippen LogP contribution is 2.20. The van der Waals surface area contributed by atoms with E-state index in [-0.39, 0.29) is 12.4 Å². The van der Waals surface area contributed by atoms with Crippen LogP contribution in [0, 0.1) is 6.92 Å². The first-order valence-electron chi connectivity index (χ1n) is 7.05. The van der Waals surface area contributed by atoms with Gasteiger partial charge in [-0.25, -0.2) is 0 Å². The third kappa shape index (κ3) is 5.04. The number of likely N-dealkylation sites (N-methyl/N-ethyl adjacent to an activating group) is 1. The van der Waals surface area contributed by atoms with Crippen LogP contribution in [0.1, 0.15) is 22.8 Å². The van der Waals surface area contributed by atoms with E-state index in [1.807, 2.05) is 31.2 Å². The fourth-order valence-corrected chi connectivity index (χ4v) is 2.10. The normalized spacial score (nSPS) is 13.5. The number of alkyl halides is 3. The van der Waals surface area contributed by atoms with Gasteiger partial charge in [-0.3, -0.25) is 4.90 Å². The topological polar surface area (TPSA) is 62.4 Å². The molecule has 0 aliphatic rings. The summed E-state index contributed by atoms with van der Waals surface area (Å²) in [5.41, 5.74) is 2.14. The zero-order valence-electron chi connectivity index (χ0n) is 12.8. The van der Waals surface area contributed by atoms with Gasteiger partial charge in [0.2, 0.25) is 5.89 Å². The standard InChI is InChI=1S/C15H18F3N3O2/c1-10-5-3-4-6-11(10)7-14-19-13(20-23-14)9-21(2)8-12(22)15(16,17)18/h3-6,12,22H,7-9H2,1-2H3. The Kier molecular flexibility index (Phi) is 5.38. The molecule has 5 nitrogen and oxygen atoms in total. The lowest BCUT2D eigenvalue weighted by atomic mass is 10.1. The van der Waals surface area contributed by atoms with Crippen LogP contribution in [-0.2, 0) is 13.0 Å². The maximum atomic E-state index is 12.3. The van der Waals surface area contributed by atoms with Crippen molar-refractivity contribution in [1.29, 1.82) is 0 Å². The van der Waals surface area contributed by atoms with Crippen LogP contribution in [-0.4, -0.2) is 46.0 Å². The average Bonchev–Trinajstić information content (AvgIpc) is 2.87. The number of hydrogen-bond acceptors (Lipinski definition) is 5. The lowest BCUT2D eigenvalue weighted by Gasteiger charge is -2.20. The van der Waals surface area contributed by atoms with Crippen LogP contribution >= 0.6 is 0 Å². The van der Waals surface area contributed by atoms with E-state index in [0.717, 1.165) is 11.1 Å². The Morgan fingerprint density at radius 2 is 2.00 bits per heavy atom. The predicted molar refractivity (Wildman–Crippen MR) is 76.7 cm³/mol. The summed E-state index contributed by atoms with van der Waals surface area (Å²) >= 11 is 0. The monoisotopic (exact) mass is 329 g/mol. The summed E-state index contributed by atoms with van der Waals surface area (Å²) in [7, 11) is 1.45. The number of aliphatic hydroxyl groups excluding tert-OH is 1. The molecular formula is C15H18F3N3O2. The van der Waals surface area contributed by atoms with Crippen molar-refractivity contribution in [2.24, 2.45) is 0 Å². The molecule has 1 aromatic carbocycles. The molecule has 1 N–H and O–H groups in total. The highest BCUT2D eigenvalue weighted by Gasteiger charge is 2.38. The predicted octanol–water partition coefficient (Wildman–Crippen LogP) is 2.32. The molecule has 0 bridgehead atoms. The van der Waals surface area contributed by atoms with Crippen LogP contribution in [0.5, 0.6) is 0 Å². The van der Waals surface area contributed by atoms with Gasteiger partial charge in [-0.2, -0.15) is 18.2 Å². The van der Waals surface area contributed by atoms with Crippen molar-refractivity contribution in [2.45, 2.75) is 32.2 Å². The number of aromatic nitrogens is 2. The number of benzene rings is 1. The Hall–Kier alpha value is -1.93. The van der Waals surface area contributed by atoms with E-state index in [9.17, 15) is 13.2 Å². The molecule has 0 saturated carbocycles. The van der Waals surface area contributed by atoms with Crippen molar-refractivity contribution in [3.8, 4) is 0 Å². The Balaban J connectivity index is 1.93. The summed E-state index contributed by atoms with van der Waals surface area (Å²) in [6, 6.07) is 7.76. The van der Waals surface area contributed by atoms with E-state index in [4.69, 9.17) is 9.63 Å². The number of halogens is 3. The van der Waals surface area contributed by atoms with Gasteiger partial charge in [-0.15, -0.1) is 0 Å². The smallest absolute Gasteiger partial charge is 0.382 e. The van der Waals surface area contributed by atoms with Gasteiger partial charge in [0.1, 0.15) is 0 Å². The van der Waals surface area contributed by atoms with Gasteiger partial charge in [0.25, 0.3) is 0 Å². The highest BCUT2D eigenvalue weighted by molar-refractivity contribution is 5.27. The van der Waals surface area contributed by atoms with Crippen LogP contribution in [0.15, 0.2) is 28.8 Å². The molecule has 23 heavy (non-hydrogen) atoms. The SMILES string of the molecule is Cc1ccccc1Cc1nc(CN(C)CC(O)C(F)(F)F)no1. The van der Waals surface area contributed by atoms with E-state index in [1.54, 1.807) is 0 Å². The average molecular weight is 329 g/mol. The molecule has 0 saturated heterocycles. The van der Waals surface area contributed by atoms with E-state index in [2.05, 4.69) is 10.1 Å². The summed E-state index contributed by atoms with van der Waals surface area (Å²) in [5, 5.41) is 12.8. The summed E-state index contributed by atoms with van der Waals surface area (Å²) in [5.74, 6) is 0.685. The van der Waals surface area contributed by atoms with Gasteiger partial charge in [0, 0.05) is 6.54 Å². The molecule has 2 aromatic rings. The zero-order valence-corrected chi connectivity index (χ0v) is 12.8. The molecule has 0 fully saturated rings. The molecular weight excluding hydrogens is 311 g/mol. The number of rotatable bonds is 6. The third-order valence-electron chi connectivity index (χ3n) is 3.39. The van der Waals surface area contributed by atoms with Crippen molar-refractivity contribution in [3.05, 3.63) is 47.1 Å². The first-order valence-corrected chi connectivity index (χ1v) is 7.05. The van der Waals surface area contributed by atoms with Crippen LogP contribution in [0.3, 0.4) is 0 Å². The minimum atomic E-state index is -4.64. The van der Waals surface area contributed by atoms with Gasteiger partial charge >= 0.3 is 6.18 Å². The van der Waals surface area contributed by atoms with E-state index < -0.39 is 18.8 Å². The number of nitrogens with zero attached hydrogens (tertiary/aromatic N) is 3. The molecule has 1 atom stereocenters. The second kappa shape index (κ2) is 7.10. The molecule has 126 valence electrons. The van der Waals surface area contributed by atoms with Crippen LogP contribution in [0.25, 0.3) is 0 Å². The van der Waals surface area contributed by atoms with Crippen molar-refractivity contribution < 1.29 is 22.8 Å². The highest BCUT2D eigenvalue weighted by atomic mass is 19.4. The lowest BCUT2D eigenvalue weighted by molar-refractivity contribution is -0.207. The molecule has 0 amide bonds. The van der Waals surface area contributed by atoms with Crippen LogP contribution < -0.4 is 0 Å². The van der Waals surface area contributed by atoms with Gasteiger partial charge in [-0.05, 0) is 25.1 Å². The zero-order chi connectivity index (χ0) is 17.0. The molecule has 0 spiro atoms. The lowest BCUT2D eigenvalue weighted by Crippen LogP contribution is -2.39. The van der Waals surface area contributed by atoms with Crippen LogP contribution in [0.4, 0.5) is 13.2 Å². The summed E-state index contributed by atoms with van der Waals surface area (Å²) in [4.78, 5) is 5.47. The summed E-state index contributed by atoms with van der Waals surface area (Å²) < 4.78 is 42.0. The Bertz CT molecular complexity index is 643. The maximum absolute atomic E-state index is 12.3. The number of aryl methyl sites for hydroxylation is 1. The molecule has 2 rings (SSSR count). The molecule has 8 heteroatoms. The Labute approximate surface area is 131 Å². The van der Waals surface area contributed by atoms with E-state index in [1.165, 1.54) is 11.9 Å². The van der Waals surface area contributed by atoms with Crippen molar-refractivity contribution >= 4 is 0 Å². The second-order valence-corrected chi connectivity index (χ2v) is 5.46. The Morgan fingerprint density at radius 3 is 2.65 bits per heavy atom. The van der Waals surface area contributed by atoms with Gasteiger partial charge in [0.15, 0.2) is 11.9 Å². The molecule has 1 unspecified atom stereocenters. The maximum Gasteiger partial charge on any atom is 0.415 e. The number of aliphatic hydroxyl groups is 1. The quantitative estimate of drug-likeness (QED) is 0.881. The first-order chi connectivity index (χ1) is 10.8. The van der Waals surface area contributed by atoms with Crippen molar-refractivity contribution in [2.75, 3.05) is 13.6 Å². The van der Waals surface area contributed by atoms with Crippen molar-refractivity contribution in [3.63, 3.8) is 0 Å². The third-order valence-corrected chi connectivity index (χ3v) is 3.39. The largest absolute Gasteiger partial charge is 0.415 e. The summed E-state index contributed by atoms with van der Waals surface area (Å²) in [6.07, 6.45) is -6.57. The van der Waals surface area contributed by atoms with E-state index >= 15 is 0 Å². The van der Waals surface area contributed by atoms with E-state index in [0.29, 0.717) is 12.3 Å². The molecule has 1 aromatic heterocycles. The molecule has 0 radical (unpaired) electrons. The van der Waals surface area contributed by atoms with Gasteiger partial charge < -0.3 is 9.63 Å². The minimum Gasteiger partial charge on any atom is -0.382 e. The number of hydrogen-bond donors (Lipinski definition) is 1.